The zero-order chi connectivity index (χ0) is 11.5. The van der Waals surface area contributed by atoms with E-state index in [1.165, 1.54) is 18.7 Å². The van der Waals surface area contributed by atoms with Gasteiger partial charge in [-0.05, 0) is 23.9 Å². The number of benzene rings is 1. The Morgan fingerprint density at radius 1 is 1.44 bits per heavy atom. The third kappa shape index (κ3) is 2.25. The van der Waals surface area contributed by atoms with E-state index in [4.69, 9.17) is 4.74 Å². The summed E-state index contributed by atoms with van der Waals surface area (Å²) in [6.45, 7) is 1.28. The first-order valence-corrected chi connectivity index (χ1v) is 5.35. The van der Waals surface area contributed by atoms with Crippen molar-refractivity contribution in [2.45, 2.75) is 11.8 Å². The highest BCUT2D eigenvalue weighted by Crippen LogP contribution is 2.35. The first kappa shape index (κ1) is 10.8. The van der Waals surface area contributed by atoms with Crippen molar-refractivity contribution in [2.24, 2.45) is 0 Å². The Kier molecular flexibility index (Phi) is 2.96. The molecule has 0 unspecified atom stereocenters. The molecule has 0 saturated carbocycles. The molecule has 82 valence electrons. The predicted octanol–water partition coefficient (Wildman–Crippen LogP) is 2.31. The van der Waals surface area contributed by atoms with Crippen molar-refractivity contribution in [3.8, 4) is 0 Å². The van der Waals surface area contributed by atoms with Gasteiger partial charge in [0.05, 0.1) is 5.56 Å². The quantitative estimate of drug-likeness (QED) is 0.553. The first-order valence-electron chi connectivity index (χ1n) is 4.53. The summed E-state index contributed by atoms with van der Waals surface area (Å²) < 4.78 is 9.62. The maximum atomic E-state index is 11.5. The van der Waals surface area contributed by atoms with Gasteiger partial charge < -0.3 is 9.47 Å². The van der Waals surface area contributed by atoms with Crippen LogP contribution in [-0.2, 0) is 14.3 Å². The van der Waals surface area contributed by atoms with Gasteiger partial charge >= 0.3 is 11.9 Å². The smallest absolute Gasteiger partial charge is 0.345 e. The molecular formula is C11H8O4S. The lowest BCUT2D eigenvalue weighted by atomic mass is 10.2. The van der Waals surface area contributed by atoms with Crippen molar-refractivity contribution in [1.29, 1.82) is 0 Å². The van der Waals surface area contributed by atoms with Crippen molar-refractivity contribution < 1.29 is 19.1 Å². The van der Waals surface area contributed by atoms with Gasteiger partial charge in [-0.2, -0.15) is 0 Å². The van der Waals surface area contributed by atoms with Crippen LogP contribution in [0.1, 0.15) is 17.3 Å². The van der Waals surface area contributed by atoms with Gasteiger partial charge in [-0.25, -0.2) is 4.79 Å². The summed E-state index contributed by atoms with van der Waals surface area (Å²) in [5, 5.41) is 0.263. The number of hydrogen-bond donors (Lipinski definition) is 0. The van der Waals surface area contributed by atoms with E-state index in [9.17, 15) is 9.59 Å². The molecule has 0 saturated heterocycles. The van der Waals surface area contributed by atoms with Crippen LogP contribution in [0.4, 0.5) is 0 Å². The van der Waals surface area contributed by atoms with Crippen LogP contribution in [0.3, 0.4) is 0 Å². The molecular weight excluding hydrogens is 228 g/mol. The van der Waals surface area contributed by atoms with E-state index in [0.29, 0.717) is 5.56 Å². The Hall–Kier alpha value is -1.75. The monoisotopic (exact) mass is 236 g/mol. The molecule has 0 spiro atoms. The van der Waals surface area contributed by atoms with E-state index in [1.807, 2.05) is 12.1 Å². The zero-order valence-corrected chi connectivity index (χ0v) is 9.24. The van der Waals surface area contributed by atoms with Crippen LogP contribution in [-0.4, -0.2) is 11.9 Å². The van der Waals surface area contributed by atoms with Gasteiger partial charge in [0, 0.05) is 11.8 Å². The van der Waals surface area contributed by atoms with Gasteiger partial charge in [0.2, 0.25) is 5.09 Å². The number of thioether (sulfide) groups is 1. The van der Waals surface area contributed by atoms with Crippen LogP contribution < -0.4 is 0 Å². The minimum atomic E-state index is -0.456. The lowest BCUT2D eigenvalue weighted by Crippen LogP contribution is -2.10. The van der Waals surface area contributed by atoms with E-state index in [-0.39, 0.29) is 5.09 Å². The summed E-state index contributed by atoms with van der Waals surface area (Å²) in [5.74, 6) is -0.893. The fourth-order valence-electron chi connectivity index (χ4n) is 1.18. The van der Waals surface area contributed by atoms with E-state index >= 15 is 0 Å². The zero-order valence-electron chi connectivity index (χ0n) is 8.43. The highest BCUT2D eigenvalue weighted by atomic mass is 32.2. The Balaban J connectivity index is 2.24. The summed E-state index contributed by atoms with van der Waals surface area (Å²) in [6, 6.07) is 7.09. The van der Waals surface area contributed by atoms with Crippen LogP contribution in [0.25, 0.3) is 0 Å². The average molecular weight is 236 g/mol. The number of hydrogen-bond acceptors (Lipinski definition) is 5. The summed E-state index contributed by atoms with van der Waals surface area (Å²) in [5.41, 5.74) is 0.521. The van der Waals surface area contributed by atoms with Crippen LogP contribution in [0, 0.1) is 0 Å². The lowest BCUT2D eigenvalue weighted by Gasteiger charge is -2.16. The number of carbonyl (C=O) groups excluding carboxylic acids is 2. The summed E-state index contributed by atoms with van der Waals surface area (Å²) in [4.78, 5) is 22.9. The standard InChI is InChI=1S/C11H8O4S/c1-7(12)14-6-10-15-11(13)8-4-2-3-5-9(8)16-10/h2-6H,1H3/b10-6-. The number of ether oxygens (including phenoxy) is 2. The largest absolute Gasteiger partial charge is 0.430 e. The molecule has 0 aromatic heterocycles. The molecule has 0 amide bonds. The van der Waals surface area contributed by atoms with Gasteiger partial charge in [0.25, 0.3) is 0 Å². The molecule has 2 rings (SSSR count). The molecule has 1 aromatic carbocycles. The maximum absolute atomic E-state index is 11.5. The SMILES string of the molecule is CC(=O)O/C=C1/OC(=O)c2ccccc2S1. The molecule has 0 aliphatic carbocycles. The minimum absolute atomic E-state index is 0.263. The maximum Gasteiger partial charge on any atom is 0.345 e. The van der Waals surface area contributed by atoms with Crippen molar-refractivity contribution in [3.63, 3.8) is 0 Å². The van der Waals surface area contributed by atoms with Gasteiger partial charge in [-0.3, -0.25) is 4.79 Å². The van der Waals surface area contributed by atoms with E-state index in [0.717, 1.165) is 11.2 Å². The fraction of sp³-hybridized carbons (Fsp3) is 0.0909. The van der Waals surface area contributed by atoms with Crippen molar-refractivity contribution in [1.82, 2.24) is 0 Å². The second kappa shape index (κ2) is 4.40. The van der Waals surface area contributed by atoms with Gasteiger partial charge in [0.1, 0.15) is 6.26 Å². The molecule has 0 fully saturated rings. The van der Waals surface area contributed by atoms with Crippen molar-refractivity contribution in [2.75, 3.05) is 0 Å². The van der Waals surface area contributed by atoms with Crippen LogP contribution in [0.5, 0.6) is 0 Å². The summed E-state index contributed by atoms with van der Waals surface area (Å²) >= 11 is 1.24. The fourth-order valence-corrected chi connectivity index (χ4v) is 2.02. The molecule has 0 N–H and O–H groups in total. The van der Waals surface area contributed by atoms with Gasteiger partial charge in [0.15, 0.2) is 0 Å². The normalized spacial score (nSPS) is 16.6. The lowest BCUT2D eigenvalue weighted by molar-refractivity contribution is -0.135. The molecule has 0 atom stereocenters. The van der Waals surface area contributed by atoms with Crippen LogP contribution in [0.2, 0.25) is 0 Å². The highest BCUT2D eigenvalue weighted by molar-refractivity contribution is 8.03. The molecule has 1 aliphatic heterocycles. The topological polar surface area (TPSA) is 52.6 Å². The van der Waals surface area contributed by atoms with Gasteiger partial charge in [-0.1, -0.05) is 12.1 Å². The average Bonchev–Trinajstić information content (AvgIpc) is 2.26. The third-order valence-corrected chi connectivity index (χ3v) is 2.79. The molecule has 1 aromatic rings. The van der Waals surface area contributed by atoms with E-state index in [1.54, 1.807) is 12.1 Å². The van der Waals surface area contributed by atoms with E-state index < -0.39 is 11.9 Å². The van der Waals surface area contributed by atoms with Crippen molar-refractivity contribution >= 4 is 23.7 Å². The van der Waals surface area contributed by atoms with Crippen LogP contribution >= 0.6 is 11.8 Å². The molecule has 1 aliphatic rings. The minimum Gasteiger partial charge on any atom is -0.430 e. The van der Waals surface area contributed by atoms with Gasteiger partial charge in [-0.15, -0.1) is 0 Å². The summed E-state index contributed by atoms with van der Waals surface area (Å²) in [6.07, 6.45) is 1.14. The molecule has 4 nitrogen and oxygen atoms in total. The Morgan fingerprint density at radius 2 is 2.19 bits per heavy atom. The molecule has 16 heavy (non-hydrogen) atoms. The third-order valence-electron chi connectivity index (χ3n) is 1.83. The first-order chi connectivity index (χ1) is 7.66. The Morgan fingerprint density at radius 3 is 2.94 bits per heavy atom. The molecule has 1 heterocycles. The molecule has 5 heteroatoms. The Labute approximate surface area is 96.2 Å². The second-order valence-electron chi connectivity index (χ2n) is 3.03. The molecule has 0 radical (unpaired) electrons. The van der Waals surface area contributed by atoms with E-state index in [2.05, 4.69) is 4.74 Å². The highest BCUT2D eigenvalue weighted by Gasteiger charge is 2.22. The number of cyclic esters (lactones) is 1. The van der Waals surface area contributed by atoms with Crippen LogP contribution in [0.15, 0.2) is 40.5 Å². The Bertz CT molecular complexity index is 479. The number of fused-ring (bicyclic) bond motifs is 1. The summed E-state index contributed by atoms with van der Waals surface area (Å²) in [7, 11) is 0. The molecule has 0 bridgehead atoms. The number of rotatable bonds is 1. The predicted molar refractivity (Wildman–Crippen MR) is 57.6 cm³/mol. The number of esters is 2. The van der Waals surface area contributed by atoms with Crippen molar-refractivity contribution in [3.05, 3.63) is 41.2 Å². The number of carbonyl (C=O) groups is 2. The second-order valence-corrected chi connectivity index (χ2v) is 4.08.